The van der Waals surface area contributed by atoms with Gasteiger partial charge in [-0.15, -0.1) is 0 Å². The number of nitrogens with zero attached hydrogens (tertiary/aromatic N) is 3. The molecule has 0 fully saturated rings. The second kappa shape index (κ2) is 11.9. The number of nitrogens with one attached hydrogen (secondary N) is 1. The Kier molecular flexibility index (Phi) is 8.43. The molecule has 1 atom stereocenters. The van der Waals surface area contributed by atoms with Crippen LogP contribution in [0.4, 0.5) is 5.69 Å². The van der Waals surface area contributed by atoms with Gasteiger partial charge in [-0.1, -0.05) is 36.4 Å². The number of halogens is 1. The second-order valence-electron chi connectivity index (χ2n) is 9.07. The number of carboxylic acid groups (broad SMARTS) is 1. The molecule has 0 saturated carbocycles. The first-order valence-corrected chi connectivity index (χ1v) is 12.5. The van der Waals surface area contributed by atoms with E-state index in [1.165, 1.54) is 17.0 Å². The topological polar surface area (TPSA) is 136 Å². The number of hydrogen-bond acceptors (Lipinski definition) is 7. The molecule has 4 rings (SSSR count). The highest BCUT2D eigenvalue weighted by Gasteiger charge is 2.22. The monoisotopic (exact) mass is 546 g/mol. The largest absolute Gasteiger partial charge is 0.508 e. The van der Waals surface area contributed by atoms with E-state index < -0.39 is 17.9 Å². The zero-order valence-corrected chi connectivity index (χ0v) is 22.1. The molecule has 200 valence electrons. The third-order valence-electron chi connectivity index (χ3n) is 6.20. The first-order valence-electron chi connectivity index (χ1n) is 12.1. The predicted octanol–water partition coefficient (Wildman–Crippen LogP) is 4.93. The lowest BCUT2D eigenvalue weighted by Crippen LogP contribution is -2.33. The summed E-state index contributed by atoms with van der Waals surface area (Å²) in [6.07, 6.45) is 1.64. The molecule has 10 heteroatoms. The van der Waals surface area contributed by atoms with Gasteiger partial charge in [-0.3, -0.25) is 9.59 Å². The van der Waals surface area contributed by atoms with Gasteiger partial charge in [0, 0.05) is 30.1 Å². The number of phenols is 2. The van der Waals surface area contributed by atoms with E-state index in [2.05, 4.69) is 15.3 Å². The molecule has 1 amide bonds. The molecule has 4 N–H and O–H groups in total. The minimum atomic E-state index is -0.928. The molecule has 0 radical (unpaired) electrons. The fourth-order valence-corrected chi connectivity index (χ4v) is 4.08. The van der Waals surface area contributed by atoms with Crippen molar-refractivity contribution in [3.8, 4) is 22.8 Å². The van der Waals surface area contributed by atoms with Gasteiger partial charge in [-0.05, 0) is 66.4 Å². The average Bonchev–Trinajstić information content (AvgIpc) is 2.92. The van der Waals surface area contributed by atoms with Gasteiger partial charge in [0.05, 0.1) is 17.8 Å². The van der Waals surface area contributed by atoms with Gasteiger partial charge in [0.25, 0.3) is 5.91 Å². The van der Waals surface area contributed by atoms with Crippen LogP contribution in [-0.2, 0) is 17.9 Å². The van der Waals surface area contributed by atoms with Crippen LogP contribution in [0, 0.1) is 6.92 Å². The number of amides is 1. The number of aryl methyl sites for hydroxylation is 1. The molecule has 0 aliphatic rings. The second-order valence-corrected chi connectivity index (χ2v) is 9.41. The molecular formula is C29H27ClN4O5. The smallest absolute Gasteiger partial charge is 0.320 e. The number of rotatable bonds is 9. The van der Waals surface area contributed by atoms with E-state index in [-0.39, 0.29) is 28.9 Å². The summed E-state index contributed by atoms with van der Waals surface area (Å²) in [6.45, 7) is 4.02. The Morgan fingerprint density at radius 2 is 1.67 bits per heavy atom. The SMILES string of the molecule is Cc1cnc(Cl)nc1-c1ccc(N(Cc2ccc(CN[C@@H](C)C(=O)O)cc2)C(=O)c2ccc(O)cc2O)cc1. The fourth-order valence-electron chi connectivity index (χ4n) is 3.94. The third-order valence-corrected chi connectivity index (χ3v) is 6.38. The number of carbonyl (C=O) groups excluding carboxylic acids is 1. The minimum absolute atomic E-state index is 0.0405. The normalized spacial score (nSPS) is 11.7. The van der Waals surface area contributed by atoms with Crippen molar-refractivity contribution in [3.05, 3.63) is 100 Å². The number of benzene rings is 3. The van der Waals surface area contributed by atoms with Crippen molar-refractivity contribution in [3.63, 3.8) is 0 Å². The summed E-state index contributed by atoms with van der Waals surface area (Å²) in [7, 11) is 0. The van der Waals surface area contributed by atoms with E-state index in [4.69, 9.17) is 16.7 Å². The number of phenolic OH excluding ortho intramolecular Hbond substituents is 2. The Morgan fingerprint density at radius 3 is 2.31 bits per heavy atom. The van der Waals surface area contributed by atoms with E-state index in [0.29, 0.717) is 17.9 Å². The highest BCUT2D eigenvalue weighted by Crippen LogP contribution is 2.30. The molecular weight excluding hydrogens is 520 g/mol. The van der Waals surface area contributed by atoms with Crippen LogP contribution in [0.2, 0.25) is 5.28 Å². The van der Waals surface area contributed by atoms with Crippen LogP contribution in [-0.4, -0.2) is 43.2 Å². The lowest BCUT2D eigenvalue weighted by molar-refractivity contribution is -0.139. The summed E-state index contributed by atoms with van der Waals surface area (Å²) in [5, 5.41) is 32.2. The van der Waals surface area contributed by atoms with Crippen molar-refractivity contribution in [2.75, 3.05) is 4.90 Å². The summed E-state index contributed by atoms with van der Waals surface area (Å²) in [6, 6.07) is 17.8. The molecule has 0 aliphatic carbocycles. The van der Waals surface area contributed by atoms with E-state index in [9.17, 15) is 19.8 Å². The maximum Gasteiger partial charge on any atom is 0.320 e. The predicted molar refractivity (Wildman–Crippen MR) is 148 cm³/mol. The van der Waals surface area contributed by atoms with Gasteiger partial charge in [-0.2, -0.15) is 0 Å². The summed E-state index contributed by atoms with van der Waals surface area (Å²) < 4.78 is 0. The van der Waals surface area contributed by atoms with Crippen molar-refractivity contribution in [1.29, 1.82) is 0 Å². The Morgan fingerprint density at radius 1 is 1.00 bits per heavy atom. The van der Waals surface area contributed by atoms with Gasteiger partial charge >= 0.3 is 5.97 Å². The number of aromatic hydroxyl groups is 2. The fraction of sp³-hybridized carbons (Fsp3) is 0.172. The van der Waals surface area contributed by atoms with Crippen molar-refractivity contribution < 1.29 is 24.9 Å². The van der Waals surface area contributed by atoms with Crippen LogP contribution in [0.15, 0.2) is 72.9 Å². The van der Waals surface area contributed by atoms with E-state index in [1.807, 2.05) is 43.3 Å². The lowest BCUT2D eigenvalue weighted by atomic mass is 10.1. The maximum absolute atomic E-state index is 13.6. The molecule has 9 nitrogen and oxygen atoms in total. The molecule has 1 aromatic heterocycles. The zero-order chi connectivity index (χ0) is 28.1. The van der Waals surface area contributed by atoms with Crippen molar-refractivity contribution >= 4 is 29.2 Å². The molecule has 0 unspecified atom stereocenters. The molecule has 3 aromatic carbocycles. The van der Waals surface area contributed by atoms with E-state index in [0.717, 1.165) is 28.3 Å². The zero-order valence-electron chi connectivity index (χ0n) is 21.3. The first-order chi connectivity index (χ1) is 18.6. The first kappa shape index (κ1) is 27.6. The number of aliphatic carboxylic acids is 1. The number of carbonyl (C=O) groups is 2. The summed E-state index contributed by atoms with van der Waals surface area (Å²) in [5.41, 5.74) is 4.66. The Labute approximate surface area is 230 Å². The van der Waals surface area contributed by atoms with Crippen LogP contribution in [0.5, 0.6) is 11.5 Å². The Hall–Kier alpha value is -4.47. The minimum Gasteiger partial charge on any atom is -0.508 e. The molecule has 0 saturated heterocycles. The van der Waals surface area contributed by atoms with Gasteiger partial charge < -0.3 is 25.5 Å². The van der Waals surface area contributed by atoms with Crippen LogP contribution in [0.25, 0.3) is 11.3 Å². The van der Waals surface area contributed by atoms with Gasteiger partial charge in [0.15, 0.2) is 0 Å². The van der Waals surface area contributed by atoms with Crippen molar-refractivity contribution in [2.24, 2.45) is 0 Å². The van der Waals surface area contributed by atoms with Crippen LogP contribution in [0.3, 0.4) is 0 Å². The number of aromatic nitrogens is 2. The van der Waals surface area contributed by atoms with E-state index in [1.54, 1.807) is 25.3 Å². The highest BCUT2D eigenvalue weighted by molar-refractivity contribution is 6.28. The molecule has 4 aromatic rings. The van der Waals surface area contributed by atoms with Crippen LogP contribution >= 0.6 is 11.6 Å². The standard InChI is InChI=1S/C29H27ClN4O5/c1-17-14-32-29(30)33-26(17)21-7-9-22(10-8-21)34(27(37)24-12-11-23(35)13-25(24)36)16-20-5-3-19(4-6-20)15-31-18(2)28(38)39/h3-14,18,31,35-36H,15-16H2,1-2H3,(H,38,39)/t18-/m0/s1. The summed E-state index contributed by atoms with van der Waals surface area (Å²) in [5.74, 6) is -1.87. The Bertz CT molecular complexity index is 1490. The van der Waals surface area contributed by atoms with Gasteiger partial charge in [-0.25, -0.2) is 9.97 Å². The Balaban J connectivity index is 1.63. The molecule has 39 heavy (non-hydrogen) atoms. The molecule has 0 aliphatic heterocycles. The third kappa shape index (κ3) is 6.70. The van der Waals surface area contributed by atoms with Crippen molar-refractivity contribution in [2.45, 2.75) is 33.0 Å². The summed E-state index contributed by atoms with van der Waals surface area (Å²) in [4.78, 5) is 34.5. The molecule has 1 heterocycles. The lowest BCUT2D eigenvalue weighted by Gasteiger charge is -2.24. The van der Waals surface area contributed by atoms with Crippen LogP contribution < -0.4 is 10.2 Å². The summed E-state index contributed by atoms with van der Waals surface area (Å²) >= 11 is 5.99. The number of hydrogen-bond donors (Lipinski definition) is 4. The highest BCUT2D eigenvalue weighted by atomic mass is 35.5. The van der Waals surface area contributed by atoms with Gasteiger partial charge in [0.1, 0.15) is 17.5 Å². The molecule has 0 spiro atoms. The maximum atomic E-state index is 13.6. The van der Waals surface area contributed by atoms with Gasteiger partial charge in [0.2, 0.25) is 5.28 Å². The van der Waals surface area contributed by atoms with Crippen molar-refractivity contribution in [1.82, 2.24) is 15.3 Å². The van der Waals surface area contributed by atoms with E-state index >= 15 is 0 Å². The average molecular weight is 547 g/mol. The quantitative estimate of drug-likeness (QED) is 0.217. The number of carboxylic acids is 1. The number of anilines is 1. The molecule has 0 bridgehead atoms. The van der Waals surface area contributed by atoms with Crippen LogP contribution in [0.1, 0.15) is 34.0 Å².